The molecule has 86 valence electrons. The normalized spacial score (nSPS) is 10.1. The molecule has 0 aliphatic heterocycles. The van der Waals surface area contributed by atoms with E-state index in [1.165, 1.54) is 11.3 Å². The Balaban J connectivity index is 2.76. The topological polar surface area (TPSA) is 99.1 Å². The number of nitrogens with two attached hydrogens (primary N) is 2. The molecule has 1 aromatic carbocycles. The number of carbonyl (C=O) groups is 2. The summed E-state index contributed by atoms with van der Waals surface area (Å²) in [5.74, 6) is -1.23. The average Bonchev–Trinajstić information content (AvgIpc) is 2.80. The molecule has 1 heterocycles. The number of carbonyl (C=O) groups excluding carboxylic acids is 2. The fraction of sp³-hybridized carbons (Fsp3) is 0. The fourth-order valence-electron chi connectivity index (χ4n) is 1.54. The molecule has 2 amide bonds. The minimum Gasteiger partial charge on any atom is -0.366 e. The molecule has 0 bridgehead atoms. The van der Waals surface area contributed by atoms with Gasteiger partial charge in [0.05, 0.1) is 11.1 Å². The Kier molecular flexibility index (Phi) is 2.88. The van der Waals surface area contributed by atoms with Crippen molar-refractivity contribution < 1.29 is 9.59 Å². The molecule has 0 spiro atoms. The molecule has 5 nitrogen and oxygen atoms in total. The molecule has 0 unspecified atom stereocenters. The highest BCUT2D eigenvalue weighted by Crippen LogP contribution is 2.29. The van der Waals surface area contributed by atoms with E-state index in [9.17, 15) is 9.59 Å². The van der Waals surface area contributed by atoms with Crippen molar-refractivity contribution in [2.75, 3.05) is 0 Å². The third kappa shape index (κ3) is 2.02. The second-order valence-electron chi connectivity index (χ2n) is 3.29. The molecular weight excluding hydrogens is 238 g/mol. The first-order valence-corrected chi connectivity index (χ1v) is 5.61. The van der Waals surface area contributed by atoms with Crippen LogP contribution in [0.1, 0.15) is 20.7 Å². The van der Waals surface area contributed by atoms with Crippen LogP contribution in [0.15, 0.2) is 29.8 Å². The maximum atomic E-state index is 11.3. The van der Waals surface area contributed by atoms with Crippen LogP contribution in [0.3, 0.4) is 0 Å². The van der Waals surface area contributed by atoms with Gasteiger partial charge in [0.15, 0.2) is 0 Å². The standard InChI is InChI=1S/C11H9N3O2S/c12-9(15)6-2-1-3-7(10(13)16)8(6)11-14-4-5-17-11/h1-5H,(H2,12,15)(H2,13,16). The summed E-state index contributed by atoms with van der Waals surface area (Å²) in [6.07, 6.45) is 1.59. The van der Waals surface area contributed by atoms with E-state index in [4.69, 9.17) is 11.5 Å². The smallest absolute Gasteiger partial charge is 0.249 e. The first-order chi connectivity index (χ1) is 8.11. The molecule has 4 N–H and O–H groups in total. The number of rotatable bonds is 3. The van der Waals surface area contributed by atoms with Crippen LogP contribution in [-0.4, -0.2) is 16.8 Å². The van der Waals surface area contributed by atoms with Crippen molar-refractivity contribution in [1.29, 1.82) is 0 Å². The van der Waals surface area contributed by atoms with Gasteiger partial charge >= 0.3 is 0 Å². The Labute approximate surface area is 101 Å². The van der Waals surface area contributed by atoms with Crippen LogP contribution >= 0.6 is 11.3 Å². The van der Waals surface area contributed by atoms with Crippen LogP contribution < -0.4 is 11.5 Å². The van der Waals surface area contributed by atoms with Crippen molar-refractivity contribution in [2.24, 2.45) is 11.5 Å². The molecule has 0 radical (unpaired) electrons. The highest BCUT2D eigenvalue weighted by molar-refractivity contribution is 7.13. The van der Waals surface area contributed by atoms with E-state index in [1.54, 1.807) is 29.8 Å². The Morgan fingerprint density at radius 3 is 2.12 bits per heavy atom. The number of hydrogen-bond donors (Lipinski definition) is 2. The third-order valence-corrected chi connectivity index (χ3v) is 3.03. The molecule has 0 aliphatic carbocycles. The van der Waals surface area contributed by atoms with Gasteiger partial charge in [0, 0.05) is 17.1 Å². The zero-order valence-electron chi connectivity index (χ0n) is 8.71. The van der Waals surface area contributed by atoms with Gasteiger partial charge < -0.3 is 11.5 Å². The van der Waals surface area contributed by atoms with Crippen LogP contribution in [0.25, 0.3) is 10.6 Å². The van der Waals surface area contributed by atoms with Crippen LogP contribution in [0.2, 0.25) is 0 Å². The van der Waals surface area contributed by atoms with Crippen LogP contribution in [0.5, 0.6) is 0 Å². The van der Waals surface area contributed by atoms with E-state index in [2.05, 4.69) is 4.98 Å². The van der Waals surface area contributed by atoms with Crippen LogP contribution in [0, 0.1) is 0 Å². The van der Waals surface area contributed by atoms with Crippen LogP contribution in [0.4, 0.5) is 0 Å². The number of aromatic nitrogens is 1. The van der Waals surface area contributed by atoms with E-state index in [-0.39, 0.29) is 11.1 Å². The van der Waals surface area contributed by atoms with Gasteiger partial charge in [-0.3, -0.25) is 9.59 Å². The number of nitrogens with zero attached hydrogens (tertiary/aromatic N) is 1. The van der Waals surface area contributed by atoms with E-state index in [0.29, 0.717) is 10.6 Å². The predicted molar refractivity (Wildman–Crippen MR) is 64.6 cm³/mol. The van der Waals surface area contributed by atoms with Gasteiger partial charge in [0.1, 0.15) is 5.01 Å². The Morgan fingerprint density at radius 2 is 1.71 bits per heavy atom. The lowest BCUT2D eigenvalue weighted by Gasteiger charge is -2.07. The van der Waals surface area contributed by atoms with Gasteiger partial charge in [-0.15, -0.1) is 11.3 Å². The lowest BCUT2D eigenvalue weighted by Crippen LogP contribution is -2.17. The maximum Gasteiger partial charge on any atom is 0.249 e. The molecule has 0 saturated carbocycles. The number of thiazole rings is 1. The molecular formula is C11H9N3O2S. The maximum absolute atomic E-state index is 11.3. The second-order valence-corrected chi connectivity index (χ2v) is 4.19. The largest absolute Gasteiger partial charge is 0.366 e. The van der Waals surface area contributed by atoms with E-state index in [1.807, 2.05) is 0 Å². The molecule has 6 heteroatoms. The number of amides is 2. The van der Waals surface area contributed by atoms with Gasteiger partial charge in [-0.25, -0.2) is 4.98 Å². The Morgan fingerprint density at radius 1 is 1.12 bits per heavy atom. The van der Waals surface area contributed by atoms with Gasteiger partial charge in [0.2, 0.25) is 11.8 Å². The number of benzene rings is 1. The monoisotopic (exact) mass is 247 g/mol. The molecule has 1 aromatic heterocycles. The van der Waals surface area contributed by atoms with E-state index in [0.717, 1.165) is 0 Å². The summed E-state index contributed by atoms with van der Waals surface area (Å²) in [7, 11) is 0. The Bertz CT molecular complexity index is 546. The molecule has 17 heavy (non-hydrogen) atoms. The highest BCUT2D eigenvalue weighted by atomic mass is 32.1. The average molecular weight is 247 g/mol. The summed E-state index contributed by atoms with van der Waals surface area (Å²) < 4.78 is 0. The van der Waals surface area contributed by atoms with Gasteiger partial charge in [0.25, 0.3) is 0 Å². The summed E-state index contributed by atoms with van der Waals surface area (Å²) in [5.41, 5.74) is 11.4. The molecule has 2 rings (SSSR count). The zero-order valence-corrected chi connectivity index (χ0v) is 9.53. The highest BCUT2D eigenvalue weighted by Gasteiger charge is 2.18. The summed E-state index contributed by atoms with van der Waals surface area (Å²) in [6.45, 7) is 0. The van der Waals surface area contributed by atoms with Crippen molar-refractivity contribution in [3.63, 3.8) is 0 Å². The molecule has 2 aromatic rings. The number of primary amides is 2. The summed E-state index contributed by atoms with van der Waals surface area (Å²) >= 11 is 1.31. The summed E-state index contributed by atoms with van der Waals surface area (Å²) in [6, 6.07) is 4.66. The van der Waals surface area contributed by atoms with Crippen molar-refractivity contribution in [1.82, 2.24) is 4.98 Å². The van der Waals surface area contributed by atoms with Crippen molar-refractivity contribution >= 4 is 23.2 Å². The van der Waals surface area contributed by atoms with Crippen LogP contribution in [-0.2, 0) is 0 Å². The first kappa shape index (κ1) is 11.3. The Hall–Kier alpha value is -2.21. The molecule has 0 saturated heterocycles. The predicted octanol–water partition coefficient (Wildman–Crippen LogP) is 1.01. The molecule has 0 fully saturated rings. The van der Waals surface area contributed by atoms with E-state index >= 15 is 0 Å². The minimum atomic E-state index is -0.613. The van der Waals surface area contributed by atoms with Crippen molar-refractivity contribution in [3.05, 3.63) is 40.9 Å². The summed E-state index contributed by atoms with van der Waals surface area (Å²) in [4.78, 5) is 26.8. The van der Waals surface area contributed by atoms with Crippen molar-refractivity contribution in [3.8, 4) is 10.6 Å². The quantitative estimate of drug-likeness (QED) is 0.846. The fourth-order valence-corrected chi connectivity index (χ4v) is 2.25. The SMILES string of the molecule is NC(=O)c1cccc(C(N)=O)c1-c1nccs1. The first-order valence-electron chi connectivity index (χ1n) is 4.73. The number of hydrogen-bond acceptors (Lipinski definition) is 4. The lowest BCUT2D eigenvalue weighted by atomic mass is 10.0. The molecule has 0 aliphatic rings. The van der Waals surface area contributed by atoms with Crippen molar-refractivity contribution in [2.45, 2.75) is 0 Å². The van der Waals surface area contributed by atoms with Gasteiger partial charge in [-0.2, -0.15) is 0 Å². The molecule has 0 atom stereocenters. The van der Waals surface area contributed by atoms with Gasteiger partial charge in [-0.05, 0) is 12.1 Å². The third-order valence-electron chi connectivity index (χ3n) is 2.24. The second kappa shape index (κ2) is 4.34. The minimum absolute atomic E-state index is 0.247. The lowest BCUT2D eigenvalue weighted by molar-refractivity contribution is 0.0999. The summed E-state index contributed by atoms with van der Waals surface area (Å²) in [5, 5.41) is 2.30. The zero-order chi connectivity index (χ0) is 12.4. The van der Waals surface area contributed by atoms with E-state index < -0.39 is 11.8 Å². The van der Waals surface area contributed by atoms with Gasteiger partial charge in [-0.1, -0.05) is 6.07 Å².